The molecule has 2 aromatic carbocycles. The molecule has 45 heavy (non-hydrogen) atoms. The van der Waals surface area contributed by atoms with Crippen LogP contribution in [0.5, 0.6) is 0 Å². The Kier molecular flexibility index (Phi) is 8.80. The largest absolute Gasteiger partial charge is 0.313 e. The van der Waals surface area contributed by atoms with E-state index in [-0.39, 0.29) is 10.8 Å². The standard InChI is InChI=1S/C34H39N5O4S2/c1-22-16-23(2)19-38(18-22)45(42,43)28-12-10-27(11-13-28)32(40)35-33-31(34(41)39-25(4)17-24(3)36-39)29-14-15-37(21-30(29)44-33)20-26-8-6-5-7-9-26/h5-13,17,22-23H,14-16,18-21H2,1-4H3,(H,35,40). The first-order valence-corrected chi connectivity index (χ1v) is 17.7. The molecule has 0 saturated carbocycles. The molecule has 9 nitrogen and oxygen atoms in total. The highest BCUT2D eigenvalue weighted by Gasteiger charge is 2.33. The highest BCUT2D eigenvalue weighted by Crippen LogP contribution is 2.38. The summed E-state index contributed by atoms with van der Waals surface area (Å²) in [4.78, 5) is 31.1. The van der Waals surface area contributed by atoms with Crippen molar-refractivity contribution in [3.8, 4) is 0 Å². The molecule has 0 radical (unpaired) electrons. The molecule has 0 aliphatic carbocycles. The summed E-state index contributed by atoms with van der Waals surface area (Å²) in [6, 6.07) is 18.2. The molecule has 0 spiro atoms. The lowest BCUT2D eigenvalue weighted by atomic mass is 9.94. The number of hydrogen-bond acceptors (Lipinski definition) is 7. The Labute approximate surface area is 268 Å². The third kappa shape index (κ3) is 6.53. The molecule has 2 aromatic heterocycles. The summed E-state index contributed by atoms with van der Waals surface area (Å²) < 4.78 is 29.7. The average Bonchev–Trinajstić information content (AvgIpc) is 3.54. The van der Waals surface area contributed by atoms with Crippen LogP contribution in [0.3, 0.4) is 0 Å². The van der Waals surface area contributed by atoms with Crippen molar-refractivity contribution >= 4 is 38.2 Å². The monoisotopic (exact) mass is 645 g/mol. The van der Waals surface area contributed by atoms with Gasteiger partial charge in [0.25, 0.3) is 11.8 Å². The van der Waals surface area contributed by atoms with E-state index >= 15 is 0 Å². The maximum absolute atomic E-state index is 13.9. The van der Waals surface area contributed by atoms with Crippen molar-refractivity contribution < 1.29 is 18.0 Å². The van der Waals surface area contributed by atoms with Gasteiger partial charge in [0, 0.05) is 48.9 Å². The van der Waals surface area contributed by atoms with Crippen molar-refractivity contribution in [3.63, 3.8) is 0 Å². The number of carbonyl (C=O) groups excluding carboxylic acids is 2. The molecular weight excluding hydrogens is 607 g/mol. The molecule has 2 unspecified atom stereocenters. The minimum absolute atomic E-state index is 0.172. The highest BCUT2D eigenvalue weighted by molar-refractivity contribution is 7.89. The number of aromatic nitrogens is 2. The van der Waals surface area contributed by atoms with Gasteiger partial charge in [-0.25, -0.2) is 13.1 Å². The zero-order chi connectivity index (χ0) is 31.9. The van der Waals surface area contributed by atoms with E-state index in [0.29, 0.717) is 54.0 Å². The number of rotatable bonds is 7. The van der Waals surface area contributed by atoms with Crippen LogP contribution < -0.4 is 5.32 Å². The number of nitrogens with zero attached hydrogens (tertiary/aromatic N) is 4. The number of nitrogens with one attached hydrogen (secondary N) is 1. The number of carbonyl (C=O) groups is 2. The van der Waals surface area contributed by atoms with Crippen LogP contribution >= 0.6 is 11.3 Å². The summed E-state index contributed by atoms with van der Waals surface area (Å²) in [6.45, 7) is 11.1. The van der Waals surface area contributed by atoms with Crippen LogP contribution in [0.2, 0.25) is 0 Å². The quantitative estimate of drug-likeness (QED) is 0.276. The molecule has 6 rings (SSSR count). The number of thiophene rings is 1. The second kappa shape index (κ2) is 12.6. The van der Waals surface area contributed by atoms with Crippen LogP contribution in [-0.2, 0) is 29.5 Å². The number of amides is 1. The predicted molar refractivity (Wildman–Crippen MR) is 176 cm³/mol. The zero-order valence-corrected chi connectivity index (χ0v) is 27.7. The summed E-state index contributed by atoms with van der Waals surface area (Å²) in [5.41, 5.74) is 4.43. The fourth-order valence-corrected chi connectivity index (χ4v) is 9.55. The van der Waals surface area contributed by atoms with Crippen molar-refractivity contribution in [2.45, 2.75) is 58.5 Å². The summed E-state index contributed by atoms with van der Waals surface area (Å²) in [5, 5.41) is 7.91. The number of anilines is 1. The molecule has 0 bridgehead atoms. The SMILES string of the molecule is Cc1cc(C)n(C(=O)c2c(NC(=O)c3ccc(S(=O)(=O)N4CC(C)CC(C)C4)cc3)sc3c2CCN(Cc2ccccc2)C3)n1. The maximum Gasteiger partial charge on any atom is 0.281 e. The van der Waals surface area contributed by atoms with Crippen LogP contribution in [-0.4, -0.2) is 58.9 Å². The third-order valence-corrected chi connectivity index (χ3v) is 11.6. The first-order chi connectivity index (χ1) is 21.5. The topological polar surface area (TPSA) is 105 Å². The second-order valence-corrected chi connectivity index (χ2v) is 15.6. The highest BCUT2D eigenvalue weighted by atomic mass is 32.2. The first kappa shape index (κ1) is 31.3. The third-order valence-electron chi connectivity index (χ3n) is 8.62. The number of piperidine rings is 1. The lowest BCUT2D eigenvalue weighted by molar-refractivity contribution is 0.0942. The lowest BCUT2D eigenvalue weighted by Gasteiger charge is -2.34. The van der Waals surface area contributed by atoms with Crippen molar-refractivity contribution in [2.75, 3.05) is 25.0 Å². The van der Waals surface area contributed by atoms with Crippen LogP contribution in [0.4, 0.5) is 5.00 Å². The Morgan fingerprint density at radius 3 is 2.33 bits per heavy atom. The van der Waals surface area contributed by atoms with Crippen molar-refractivity contribution in [1.82, 2.24) is 19.0 Å². The Balaban J connectivity index is 1.26. The Hall–Kier alpha value is -3.64. The zero-order valence-electron chi connectivity index (χ0n) is 26.1. The number of hydrogen-bond donors (Lipinski definition) is 1. The molecule has 1 amide bonds. The molecule has 2 aliphatic rings. The van der Waals surface area contributed by atoms with Gasteiger partial charge >= 0.3 is 0 Å². The lowest BCUT2D eigenvalue weighted by Crippen LogP contribution is -2.42. The maximum atomic E-state index is 13.9. The summed E-state index contributed by atoms with van der Waals surface area (Å²) in [5.74, 6) is -0.0819. The van der Waals surface area contributed by atoms with Gasteiger partial charge in [0.2, 0.25) is 10.0 Å². The van der Waals surface area contributed by atoms with Gasteiger partial charge in [-0.1, -0.05) is 44.2 Å². The van der Waals surface area contributed by atoms with E-state index < -0.39 is 15.9 Å². The molecule has 2 aliphatic heterocycles. The molecule has 1 fully saturated rings. The fourth-order valence-electron chi connectivity index (χ4n) is 6.59. The van der Waals surface area contributed by atoms with Crippen molar-refractivity contribution in [2.24, 2.45) is 11.8 Å². The molecule has 1 saturated heterocycles. The van der Waals surface area contributed by atoms with Crippen molar-refractivity contribution in [3.05, 3.63) is 99.2 Å². The minimum Gasteiger partial charge on any atom is -0.313 e. The van der Waals surface area contributed by atoms with Gasteiger partial charge in [-0.15, -0.1) is 11.3 Å². The van der Waals surface area contributed by atoms with Gasteiger partial charge in [-0.3, -0.25) is 14.5 Å². The smallest absolute Gasteiger partial charge is 0.281 e. The summed E-state index contributed by atoms with van der Waals surface area (Å²) in [7, 11) is -3.67. The Morgan fingerprint density at radius 2 is 1.69 bits per heavy atom. The van der Waals surface area contributed by atoms with E-state index in [1.807, 2.05) is 38.1 Å². The first-order valence-electron chi connectivity index (χ1n) is 15.4. The predicted octanol–water partition coefficient (Wildman–Crippen LogP) is 5.73. The Bertz CT molecular complexity index is 1820. The van der Waals surface area contributed by atoms with Crippen LogP contribution in [0.25, 0.3) is 0 Å². The van der Waals surface area contributed by atoms with Gasteiger partial charge in [0.15, 0.2) is 0 Å². The molecule has 1 N–H and O–H groups in total. The van der Waals surface area contributed by atoms with E-state index in [1.54, 1.807) is 4.31 Å². The van der Waals surface area contributed by atoms with Gasteiger partial charge < -0.3 is 5.32 Å². The van der Waals surface area contributed by atoms with Crippen LogP contribution in [0, 0.1) is 25.7 Å². The molecule has 4 aromatic rings. The second-order valence-electron chi connectivity index (χ2n) is 12.5. The van der Waals surface area contributed by atoms with E-state index in [0.717, 1.165) is 41.3 Å². The Morgan fingerprint density at radius 1 is 1.00 bits per heavy atom. The van der Waals surface area contributed by atoms with Gasteiger partial charge in [0.1, 0.15) is 5.00 Å². The van der Waals surface area contributed by atoms with Gasteiger partial charge in [0.05, 0.1) is 16.2 Å². The number of sulfonamides is 1. The minimum atomic E-state index is -3.67. The van der Waals surface area contributed by atoms with Gasteiger partial charge in [-0.2, -0.15) is 9.40 Å². The van der Waals surface area contributed by atoms with E-state index in [2.05, 4.69) is 41.3 Å². The number of aryl methyl sites for hydroxylation is 2. The summed E-state index contributed by atoms with van der Waals surface area (Å²) >= 11 is 1.42. The average molecular weight is 646 g/mol. The normalized spacial score (nSPS) is 19.3. The molecule has 11 heteroatoms. The molecule has 4 heterocycles. The van der Waals surface area contributed by atoms with Crippen LogP contribution in [0.15, 0.2) is 65.6 Å². The van der Waals surface area contributed by atoms with E-state index in [4.69, 9.17) is 0 Å². The molecule has 2 atom stereocenters. The summed E-state index contributed by atoms with van der Waals surface area (Å²) in [6.07, 6.45) is 1.68. The van der Waals surface area contributed by atoms with Crippen LogP contribution in [0.1, 0.15) is 68.4 Å². The van der Waals surface area contributed by atoms with E-state index in [1.165, 1.54) is 45.8 Å². The molecular formula is C34H39N5O4S2. The number of fused-ring (bicyclic) bond motifs is 1. The van der Waals surface area contributed by atoms with Crippen molar-refractivity contribution in [1.29, 1.82) is 0 Å². The fraction of sp³-hybridized carbons (Fsp3) is 0.382. The molecule has 236 valence electrons. The van der Waals surface area contributed by atoms with E-state index in [9.17, 15) is 18.0 Å². The van der Waals surface area contributed by atoms with Gasteiger partial charge in [-0.05, 0) is 80.0 Å². The number of benzene rings is 2.